The number of nitrogens with one attached hydrogen (secondary N) is 1. The molecule has 0 aliphatic carbocycles. The van der Waals surface area contributed by atoms with E-state index in [1.165, 1.54) is 44.6 Å². The molecule has 0 aliphatic rings. The number of halogens is 3. The lowest BCUT2D eigenvalue weighted by molar-refractivity contribution is -0.137. The highest BCUT2D eigenvalue weighted by atomic mass is 32.2. The fourth-order valence-corrected chi connectivity index (χ4v) is 4.66. The van der Waals surface area contributed by atoms with Gasteiger partial charge in [0.25, 0.3) is 10.0 Å². The van der Waals surface area contributed by atoms with Crippen molar-refractivity contribution in [1.29, 1.82) is 0 Å². The van der Waals surface area contributed by atoms with Gasteiger partial charge < -0.3 is 14.8 Å². The van der Waals surface area contributed by atoms with Gasteiger partial charge in [-0.2, -0.15) is 13.2 Å². The van der Waals surface area contributed by atoms with Gasteiger partial charge in [-0.1, -0.05) is 23.8 Å². The van der Waals surface area contributed by atoms with Gasteiger partial charge in [0.1, 0.15) is 18.0 Å². The number of alkyl halides is 3. The summed E-state index contributed by atoms with van der Waals surface area (Å²) in [7, 11) is -1.56. The van der Waals surface area contributed by atoms with Crippen LogP contribution in [0.15, 0.2) is 71.6 Å². The maximum Gasteiger partial charge on any atom is 0.416 e. The van der Waals surface area contributed by atoms with Gasteiger partial charge in [-0.05, 0) is 49.4 Å². The third-order valence-corrected chi connectivity index (χ3v) is 6.80. The molecule has 7 nitrogen and oxygen atoms in total. The van der Waals surface area contributed by atoms with Gasteiger partial charge in [0.05, 0.1) is 30.4 Å². The molecule has 1 amide bonds. The lowest BCUT2D eigenvalue weighted by Gasteiger charge is -2.26. The maximum absolute atomic E-state index is 13.6. The summed E-state index contributed by atoms with van der Waals surface area (Å²) in [5.74, 6) is -0.401. The average molecular weight is 509 g/mol. The molecule has 0 saturated carbocycles. The third-order valence-electron chi connectivity index (χ3n) is 5.02. The van der Waals surface area contributed by atoms with Crippen molar-refractivity contribution in [2.24, 2.45) is 0 Å². The second-order valence-electron chi connectivity index (χ2n) is 7.49. The van der Waals surface area contributed by atoms with Crippen LogP contribution >= 0.6 is 0 Å². The molecule has 0 atom stereocenters. The van der Waals surface area contributed by atoms with Gasteiger partial charge in [-0.25, -0.2) is 8.42 Å². The minimum absolute atomic E-state index is 0.0200. The van der Waals surface area contributed by atoms with Crippen LogP contribution in [0.5, 0.6) is 11.5 Å². The number of sulfonamides is 1. The van der Waals surface area contributed by atoms with Crippen LogP contribution in [-0.4, -0.2) is 35.1 Å². The molecule has 0 heterocycles. The molecule has 11 heteroatoms. The molecule has 0 aliphatic heterocycles. The lowest BCUT2D eigenvalue weighted by Crippen LogP contribution is -2.38. The summed E-state index contributed by atoms with van der Waals surface area (Å²) in [5, 5.41) is 2.34. The zero-order chi connectivity index (χ0) is 25.8. The van der Waals surface area contributed by atoms with E-state index in [2.05, 4.69) is 5.32 Å². The molecule has 0 spiro atoms. The molecule has 0 unspecified atom stereocenters. The number of anilines is 2. The maximum atomic E-state index is 13.6. The molecule has 3 aromatic carbocycles. The second kappa shape index (κ2) is 10.3. The first-order chi connectivity index (χ1) is 16.5. The van der Waals surface area contributed by atoms with E-state index < -0.39 is 34.2 Å². The van der Waals surface area contributed by atoms with Gasteiger partial charge in [0.2, 0.25) is 5.91 Å². The SMILES string of the molecule is COc1ccc(OC)c(N(CC(=O)Nc2cccc(C(F)(F)F)c2)S(=O)(=O)c2ccc(C)cc2)c1. The number of methoxy groups -OCH3 is 2. The monoisotopic (exact) mass is 508 g/mol. The average Bonchev–Trinajstić information content (AvgIpc) is 2.82. The topological polar surface area (TPSA) is 84.9 Å². The molecule has 0 radical (unpaired) electrons. The zero-order valence-corrected chi connectivity index (χ0v) is 19.9. The number of hydrogen-bond acceptors (Lipinski definition) is 5. The summed E-state index contributed by atoms with van der Waals surface area (Å²) >= 11 is 0. The highest BCUT2D eigenvalue weighted by molar-refractivity contribution is 7.92. The standard InChI is InChI=1S/C24H23F3N2O5S/c1-16-7-10-20(11-8-16)35(31,32)29(21-14-19(33-2)9-12-22(21)34-3)15-23(30)28-18-6-4-5-17(13-18)24(25,26)27/h4-14H,15H2,1-3H3,(H,28,30). The van der Waals surface area contributed by atoms with Crippen molar-refractivity contribution in [2.75, 3.05) is 30.4 Å². The van der Waals surface area contributed by atoms with E-state index in [4.69, 9.17) is 9.47 Å². The highest BCUT2D eigenvalue weighted by Crippen LogP contribution is 2.36. The Balaban J connectivity index is 2.03. The number of amides is 1. The van der Waals surface area contributed by atoms with E-state index in [1.54, 1.807) is 25.1 Å². The molecule has 0 bridgehead atoms. The number of hydrogen-bond donors (Lipinski definition) is 1. The summed E-state index contributed by atoms with van der Waals surface area (Å²) in [6.45, 7) is 1.05. The Bertz CT molecular complexity index is 1310. The predicted octanol–water partition coefficient (Wildman–Crippen LogP) is 4.87. The van der Waals surface area contributed by atoms with Crippen molar-refractivity contribution < 1.29 is 35.9 Å². The lowest BCUT2D eigenvalue weighted by atomic mass is 10.2. The van der Waals surface area contributed by atoms with E-state index >= 15 is 0 Å². The van der Waals surface area contributed by atoms with E-state index in [0.29, 0.717) is 5.75 Å². The number of aryl methyl sites for hydroxylation is 1. The number of carbonyl (C=O) groups is 1. The van der Waals surface area contributed by atoms with E-state index in [-0.39, 0.29) is 22.0 Å². The van der Waals surface area contributed by atoms with Crippen molar-refractivity contribution in [3.05, 3.63) is 77.9 Å². The zero-order valence-electron chi connectivity index (χ0n) is 19.1. The van der Waals surface area contributed by atoms with Crippen LogP contribution in [0.25, 0.3) is 0 Å². The van der Waals surface area contributed by atoms with Crippen LogP contribution in [0.1, 0.15) is 11.1 Å². The van der Waals surface area contributed by atoms with Crippen LogP contribution in [0.2, 0.25) is 0 Å². The van der Waals surface area contributed by atoms with E-state index in [1.807, 2.05) is 0 Å². The molecule has 1 N–H and O–H groups in total. The first-order valence-electron chi connectivity index (χ1n) is 10.2. The summed E-state index contributed by atoms with van der Waals surface area (Å²) in [5.41, 5.74) is -0.229. The minimum Gasteiger partial charge on any atom is -0.497 e. The first kappa shape index (κ1) is 25.9. The quantitative estimate of drug-likeness (QED) is 0.470. The highest BCUT2D eigenvalue weighted by Gasteiger charge is 2.32. The van der Waals surface area contributed by atoms with Crippen molar-refractivity contribution in [2.45, 2.75) is 18.0 Å². The second-order valence-corrected chi connectivity index (χ2v) is 9.35. The molecule has 0 fully saturated rings. The Morgan fingerprint density at radius 1 is 0.971 bits per heavy atom. The van der Waals surface area contributed by atoms with E-state index in [9.17, 15) is 26.4 Å². The van der Waals surface area contributed by atoms with Crippen LogP contribution in [0.3, 0.4) is 0 Å². The Hall–Kier alpha value is -3.73. The van der Waals surface area contributed by atoms with E-state index in [0.717, 1.165) is 28.1 Å². The fraction of sp³-hybridized carbons (Fsp3) is 0.208. The molecule has 35 heavy (non-hydrogen) atoms. The van der Waals surface area contributed by atoms with Crippen LogP contribution in [0, 0.1) is 6.92 Å². The molecule has 0 saturated heterocycles. The van der Waals surface area contributed by atoms with Gasteiger partial charge in [-0.3, -0.25) is 9.10 Å². The molecular formula is C24H23F3N2O5S. The number of benzene rings is 3. The normalized spacial score (nSPS) is 11.6. The summed E-state index contributed by atoms with van der Waals surface area (Å²) < 4.78 is 77.6. The van der Waals surface area contributed by atoms with Crippen molar-refractivity contribution >= 4 is 27.3 Å². The fourth-order valence-electron chi connectivity index (χ4n) is 3.23. The van der Waals surface area contributed by atoms with Crippen molar-refractivity contribution in [1.82, 2.24) is 0 Å². The number of ether oxygens (including phenoxy) is 2. The molecular weight excluding hydrogens is 485 g/mol. The first-order valence-corrected chi connectivity index (χ1v) is 11.7. The predicted molar refractivity (Wildman–Crippen MR) is 125 cm³/mol. The van der Waals surface area contributed by atoms with Crippen molar-refractivity contribution in [3.63, 3.8) is 0 Å². The largest absolute Gasteiger partial charge is 0.497 e. The number of nitrogens with zero attached hydrogens (tertiary/aromatic N) is 1. The Labute approximate surface area is 201 Å². The summed E-state index contributed by atoms with van der Waals surface area (Å²) in [6.07, 6.45) is -4.60. The van der Waals surface area contributed by atoms with Gasteiger partial charge in [-0.15, -0.1) is 0 Å². The summed E-state index contributed by atoms with van der Waals surface area (Å²) in [6, 6.07) is 14.5. The van der Waals surface area contributed by atoms with Crippen molar-refractivity contribution in [3.8, 4) is 11.5 Å². The van der Waals surface area contributed by atoms with Crippen LogP contribution < -0.4 is 19.1 Å². The Kier molecular flexibility index (Phi) is 7.59. The molecule has 3 aromatic rings. The van der Waals surface area contributed by atoms with Gasteiger partial charge >= 0.3 is 6.18 Å². The smallest absolute Gasteiger partial charge is 0.416 e. The number of carbonyl (C=O) groups excluding carboxylic acids is 1. The van der Waals surface area contributed by atoms with Gasteiger partial charge in [0, 0.05) is 11.8 Å². The third kappa shape index (κ3) is 6.04. The van der Waals surface area contributed by atoms with Crippen LogP contribution in [-0.2, 0) is 21.0 Å². The molecule has 3 rings (SSSR count). The molecule has 186 valence electrons. The summed E-state index contributed by atoms with van der Waals surface area (Å²) in [4.78, 5) is 12.8. The number of rotatable bonds is 8. The Morgan fingerprint density at radius 2 is 1.66 bits per heavy atom. The van der Waals surface area contributed by atoms with Crippen LogP contribution in [0.4, 0.5) is 24.5 Å². The van der Waals surface area contributed by atoms with Gasteiger partial charge in [0.15, 0.2) is 0 Å². The molecule has 0 aromatic heterocycles. The Morgan fingerprint density at radius 3 is 2.26 bits per heavy atom. The minimum atomic E-state index is -4.60.